The second-order valence-electron chi connectivity index (χ2n) is 5.79. The number of carbonyl (C=O) groups is 3. The number of carboxylic acids is 1. The number of rotatable bonds is 5. The van der Waals surface area contributed by atoms with Crippen molar-refractivity contribution in [1.82, 2.24) is 5.32 Å². The number of ketones is 1. The number of carboxylic acid groups (broad SMARTS) is 1. The van der Waals surface area contributed by atoms with Gasteiger partial charge in [-0.3, -0.25) is 9.59 Å². The van der Waals surface area contributed by atoms with E-state index in [1.165, 1.54) is 0 Å². The van der Waals surface area contributed by atoms with Gasteiger partial charge in [-0.2, -0.15) is 0 Å². The molecule has 0 unspecified atom stereocenters. The van der Waals surface area contributed by atoms with E-state index in [1.54, 1.807) is 0 Å². The summed E-state index contributed by atoms with van der Waals surface area (Å²) in [6.07, 6.45) is 4.63. The highest BCUT2D eigenvalue weighted by Gasteiger charge is 2.42. The van der Waals surface area contributed by atoms with E-state index in [0.29, 0.717) is 18.4 Å². The summed E-state index contributed by atoms with van der Waals surface area (Å²) in [6, 6.07) is -1.31. The highest BCUT2D eigenvalue weighted by molar-refractivity contribution is 5.98. The van der Waals surface area contributed by atoms with Gasteiger partial charge in [0.05, 0.1) is 6.61 Å². The lowest BCUT2D eigenvalue weighted by Crippen LogP contribution is -2.45. The molecule has 0 radical (unpaired) electrons. The van der Waals surface area contributed by atoms with Crippen LogP contribution in [0.3, 0.4) is 0 Å². The Morgan fingerprint density at radius 1 is 1.43 bits per heavy atom. The van der Waals surface area contributed by atoms with Crippen LogP contribution >= 0.6 is 0 Å². The maximum Gasteiger partial charge on any atom is 0.328 e. The molecule has 0 aromatic rings. The molecule has 1 amide bonds. The van der Waals surface area contributed by atoms with Crippen molar-refractivity contribution < 1.29 is 24.6 Å². The van der Waals surface area contributed by atoms with Crippen LogP contribution in [0.5, 0.6) is 0 Å². The SMILES string of the molecule is CC[C@H]1C=C(C(=O)N[C@@H](CO)C(=O)O)[C@H]2CCC(=O)[C@H]2C1. The van der Waals surface area contributed by atoms with Crippen LogP contribution in [0.1, 0.15) is 32.6 Å². The summed E-state index contributed by atoms with van der Waals surface area (Å²) < 4.78 is 0. The van der Waals surface area contributed by atoms with Crippen LogP contribution in [0.2, 0.25) is 0 Å². The molecule has 0 saturated heterocycles. The Morgan fingerprint density at radius 3 is 2.71 bits per heavy atom. The first-order valence-corrected chi connectivity index (χ1v) is 7.36. The predicted octanol–water partition coefficient (Wildman–Crippen LogP) is 0.500. The molecular weight excluding hydrogens is 274 g/mol. The number of aliphatic hydroxyl groups is 1. The Labute approximate surface area is 123 Å². The van der Waals surface area contributed by atoms with Crippen molar-refractivity contribution in [2.24, 2.45) is 17.8 Å². The Balaban J connectivity index is 2.19. The first-order chi connectivity index (χ1) is 9.97. The molecule has 6 nitrogen and oxygen atoms in total. The van der Waals surface area contributed by atoms with E-state index in [9.17, 15) is 14.4 Å². The standard InChI is InChI=1S/C15H21NO5/c1-2-8-5-10-9(3-4-13(10)18)11(6-8)14(19)16-12(7-17)15(20)21/h6,8-10,12,17H,2-5,7H2,1H3,(H,16,19)(H,20,21)/t8-,9+,10+,12+/m1/s1. The summed E-state index contributed by atoms with van der Waals surface area (Å²) in [4.78, 5) is 35.2. The molecule has 2 rings (SSSR count). The summed E-state index contributed by atoms with van der Waals surface area (Å²) in [5.41, 5.74) is 0.517. The maximum absolute atomic E-state index is 12.3. The molecule has 0 aromatic carbocycles. The first kappa shape index (κ1) is 15.7. The van der Waals surface area contributed by atoms with Gasteiger partial charge < -0.3 is 15.5 Å². The number of hydrogen-bond acceptors (Lipinski definition) is 4. The summed E-state index contributed by atoms with van der Waals surface area (Å²) in [7, 11) is 0. The van der Waals surface area contributed by atoms with Crippen molar-refractivity contribution in [3.05, 3.63) is 11.6 Å². The van der Waals surface area contributed by atoms with E-state index >= 15 is 0 Å². The molecular formula is C15H21NO5. The van der Waals surface area contributed by atoms with Crippen molar-refractivity contribution in [3.63, 3.8) is 0 Å². The Bertz CT molecular complexity index is 484. The first-order valence-electron chi connectivity index (χ1n) is 7.36. The van der Waals surface area contributed by atoms with Crippen LogP contribution in [0.15, 0.2) is 11.6 Å². The lowest BCUT2D eigenvalue weighted by molar-refractivity contribution is -0.142. The van der Waals surface area contributed by atoms with E-state index in [0.717, 1.165) is 12.8 Å². The third kappa shape index (κ3) is 3.15. The summed E-state index contributed by atoms with van der Waals surface area (Å²) >= 11 is 0. The van der Waals surface area contributed by atoms with Crippen LogP contribution in [0.4, 0.5) is 0 Å². The molecule has 3 N–H and O–H groups in total. The Hall–Kier alpha value is -1.69. The number of Topliss-reactive ketones (excluding diaryl/α,β-unsaturated/α-hetero) is 1. The number of carbonyl (C=O) groups excluding carboxylic acids is 2. The maximum atomic E-state index is 12.3. The molecule has 4 atom stereocenters. The molecule has 0 aromatic heterocycles. The molecule has 2 aliphatic rings. The average molecular weight is 295 g/mol. The number of hydrogen-bond donors (Lipinski definition) is 3. The van der Waals surface area contributed by atoms with Gasteiger partial charge in [-0.15, -0.1) is 0 Å². The van der Waals surface area contributed by atoms with Gasteiger partial charge >= 0.3 is 5.97 Å². The van der Waals surface area contributed by atoms with Crippen molar-refractivity contribution in [1.29, 1.82) is 0 Å². The zero-order chi connectivity index (χ0) is 15.6. The fourth-order valence-corrected chi connectivity index (χ4v) is 3.30. The minimum atomic E-state index is -1.31. The molecule has 1 fully saturated rings. The summed E-state index contributed by atoms with van der Waals surface area (Å²) in [6.45, 7) is 1.35. The molecule has 6 heteroatoms. The van der Waals surface area contributed by atoms with Gasteiger partial charge in [0.15, 0.2) is 6.04 Å². The minimum absolute atomic E-state index is 0.103. The highest BCUT2D eigenvalue weighted by Crippen LogP contribution is 2.43. The van der Waals surface area contributed by atoms with E-state index in [4.69, 9.17) is 10.2 Å². The third-order valence-electron chi connectivity index (χ3n) is 4.54. The van der Waals surface area contributed by atoms with Crippen LogP contribution in [0.25, 0.3) is 0 Å². The van der Waals surface area contributed by atoms with Gasteiger partial charge in [0.1, 0.15) is 5.78 Å². The molecule has 0 spiro atoms. The van der Waals surface area contributed by atoms with Crippen LogP contribution in [0, 0.1) is 17.8 Å². The smallest absolute Gasteiger partial charge is 0.328 e. The zero-order valence-electron chi connectivity index (χ0n) is 12.0. The number of aliphatic hydroxyl groups excluding tert-OH is 1. The number of fused-ring (bicyclic) bond motifs is 1. The van der Waals surface area contributed by atoms with Crippen molar-refractivity contribution in [2.45, 2.75) is 38.6 Å². The monoisotopic (exact) mass is 295 g/mol. The van der Waals surface area contributed by atoms with E-state index in [1.807, 2.05) is 13.0 Å². The quantitative estimate of drug-likeness (QED) is 0.685. The fourth-order valence-electron chi connectivity index (χ4n) is 3.30. The molecule has 1 saturated carbocycles. The van der Waals surface area contributed by atoms with Gasteiger partial charge in [-0.25, -0.2) is 4.79 Å². The minimum Gasteiger partial charge on any atom is -0.480 e. The molecule has 0 bridgehead atoms. The van der Waals surface area contributed by atoms with Crippen molar-refractivity contribution >= 4 is 17.7 Å². The number of nitrogens with one attached hydrogen (secondary N) is 1. The molecule has 116 valence electrons. The fraction of sp³-hybridized carbons (Fsp3) is 0.667. The second-order valence-corrected chi connectivity index (χ2v) is 5.79. The molecule has 0 aliphatic heterocycles. The highest BCUT2D eigenvalue weighted by atomic mass is 16.4. The summed E-state index contributed by atoms with van der Waals surface area (Å²) in [5, 5.41) is 20.2. The Morgan fingerprint density at radius 2 is 2.14 bits per heavy atom. The predicted molar refractivity (Wildman–Crippen MR) is 74.4 cm³/mol. The van der Waals surface area contributed by atoms with E-state index in [-0.39, 0.29) is 23.5 Å². The Kier molecular flexibility index (Phi) is 4.77. The molecule has 21 heavy (non-hydrogen) atoms. The largest absolute Gasteiger partial charge is 0.480 e. The van der Waals surface area contributed by atoms with Gasteiger partial charge in [-0.1, -0.05) is 13.0 Å². The van der Waals surface area contributed by atoms with Gasteiger partial charge in [0.25, 0.3) is 0 Å². The van der Waals surface area contributed by atoms with Gasteiger partial charge in [0.2, 0.25) is 5.91 Å². The van der Waals surface area contributed by atoms with Crippen LogP contribution in [-0.2, 0) is 14.4 Å². The second kappa shape index (κ2) is 6.39. The lowest BCUT2D eigenvalue weighted by Gasteiger charge is -2.30. The van der Waals surface area contributed by atoms with E-state index < -0.39 is 24.5 Å². The number of aliphatic carboxylic acids is 1. The van der Waals surface area contributed by atoms with E-state index in [2.05, 4.69) is 5.32 Å². The zero-order valence-corrected chi connectivity index (χ0v) is 12.0. The van der Waals surface area contributed by atoms with Crippen molar-refractivity contribution in [3.8, 4) is 0 Å². The van der Waals surface area contributed by atoms with Crippen LogP contribution in [-0.4, -0.2) is 40.5 Å². The lowest BCUT2D eigenvalue weighted by atomic mass is 9.74. The van der Waals surface area contributed by atoms with Gasteiger partial charge in [-0.05, 0) is 31.1 Å². The number of allylic oxidation sites excluding steroid dienone is 1. The number of amides is 1. The normalized spacial score (nSPS) is 29.5. The molecule has 0 heterocycles. The topological polar surface area (TPSA) is 104 Å². The van der Waals surface area contributed by atoms with Crippen molar-refractivity contribution in [2.75, 3.05) is 6.61 Å². The summed E-state index contributed by atoms with van der Waals surface area (Å²) in [5.74, 6) is -1.58. The molecule has 2 aliphatic carbocycles. The third-order valence-corrected chi connectivity index (χ3v) is 4.54. The average Bonchev–Trinajstić information content (AvgIpc) is 2.84. The van der Waals surface area contributed by atoms with Gasteiger partial charge in [0, 0.05) is 17.9 Å². The van der Waals surface area contributed by atoms with Crippen LogP contribution < -0.4 is 5.32 Å².